The van der Waals surface area contributed by atoms with Gasteiger partial charge in [0.15, 0.2) is 0 Å². The second-order valence-electron chi connectivity index (χ2n) is 4.14. The number of benzene rings is 1. The van der Waals surface area contributed by atoms with Gasteiger partial charge in [-0.15, -0.1) is 0 Å². The number of nitrogen functional groups attached to an aromatic ring is 1. The Morgan fingerprint density at radius 3 is 2.89 bits per heavy atom. The number of aryl methyl sites for hydroxylation is 1. The normalized spacial score (nSPS) is 12.1. The van der Waals surface area contributed by atoms with Crippen LogP contribution < -0.4 is 11.1 Å². The van der Waals surface area contributed by atoms with Gasteiger partial charge in [0.05, 0.1) is 6.04 Å². The molecule has 1 atom stereocenters. The molecule has 0 aliphatic heterocycles. The lowest BCUT2D eigenvalue weighted by molar-refractivity contribution is 0.0938. The average Bonchev–Trinajstić information content (AvgIpc) is 2.86. The first-order chi connectivity index (χ1) is 8.58. The smallest absolute Gasteiger partial charge is 0.251 e. The van der Waals surface area contributed by atoms with Crippen LogP contribution in [-0.2, 0) is 0 Å². The van der Waals surface area contributed by atoms with Crippen molar-refractivity contribution in [1.82, 2.24) is 20.5 Å². The van der Waals surface area contributed by atoms with E-state index in [-0.39, 0.29) is 11.9 Å². The van der Waals surface area contributed by atoms with Crippen LogP contribution in [-0.4, -0.2) is 21.1 Å². The molecule has 18 heavy (non-hydrogen) atoms. The highest BCUT2D eigenvalue weighted by atomic mass is 16.1. The third-order valence-electron chi connectivity index (χ3n) is 2.72. The van der Waals surface area contributed by atoms with Crippen molar-refractivity contribution in [3.05, 3.63) is 41.5 Å². The van der Waals surface area contributed by atoms with E-state index < -0.39 is 0 Å². The molecule has 2 aromatic rings. The van der Waals surface area contributed by atoms with Gasteiger partial charge in [0, 0.05) is 11.3 Å². The van der Waals surface area contributed by atoms with Crippen LogP contribution in [0.15, 0.2) is 24.5 Å². The van der Waals surface area contributed by atoms with Crippen molar-refractivity contribution in [2.24, 2.45) is 0 Å². The monoisotopic (exact) mass is 245 g/mol. The second-order valence-corrected chi connectivity index (χ2v) is 4.14. The topological polar surface area (TPSA) is 96.7 Å². The summed E-state index contributed by atoms with van der Waals surface area (Å²) >= 11 is 0. The maximum Gasteiger partial charge on any atom is 0.251 e. The number of nitrogens with two attached hydrogens (primary N) is 1. The average molecular weight is 245 g/mol. The minimum absolute atomic E-state index is 0.165. The quantitative estimate of drug-likeness (QED) is 0.707. The summed E-state index contributed by atoms with van der Waals surface area (Å²) in [6.07, 6.45) is 1.41. The van der Waals surface area contributed by atoms with Gasteiger partial charge in [-0.25, -0.2) is 4.98 Å². The molecule has 0 radical (unpaired) electrons. The fourth-order valence-corrected chi connectivity index (χ4v) is 1.59. The lowest BCUT2D eigenvalue weighted by Gasteiger charge is -2.11. The molecule has 94 valence electrons. The Morgan fingerprint density at radius 2 is 2.28 bits per heavy atom. The summed E-state index contributed by atoms with van der Waals surface area (Å²) in [5.74, 6) is 0.456. The van der Waals surface area contributed by atoms with Crippen LogP contribution in [0.2, 0.25) is 0 Å². The predicted molar refractivity (Wildman–Crippen MR) is 67.9 cm³/mol. The fourth-order valence-electron chi connectivity index (χ4n) is 1.59. The molecule has 2 rings (SSSR count). The molecule has 0 aliphatic rings. The number of nitrogens with zero attached hydrogens (tertiary/aromatic N) is 2. The van der Waals surface area contributed by atoms with Crippen LogP contribution in [0, 0.1) is 6.92 Å². The van der Waals surface area contributed by atoms with Gasteiger partial charge in [0.2, 0.25) is 0 Å². The Balaban J connectivity index is 2.10. The zero-order chi connectivity index (χ0) is 13.1. The number of aromatic amines is 1. The van der Waals surface area contributed by atoms with E-state index in [1.807, 2.05) is 13.8 Å². The SMILES string of the molecule is Cc1cc(C(=O)NC(C)c2ncn[nH]2)ccc1N. The number of hydrogen-bond donors (Lipinski definition) is 3. The molecule has 0 spiro atoms. The van der Waals surface area contributed by atoms with Gasteiger partial charge in [-0.3, -0.25) is 9.89 Å². The van der Waals surface area contributed by atoms with E-state index in [1.54, 1.807) is 18.2 Å². The Morgan fingerprint density at radius 1 is 1.50 bits per heavy atom. The van der Waals surface area contributed by atoms with E-state index in [1.165, 1.54) is 6.33 Å². The summed E-state index contributed by atoms with van der Waals surface area (Å²) in [7, 11) is 0. The summed E-state index contributed by atoms with van der Waals surface area (Å²) in [6.45, 7) is 3.70. The first-order valence-corrected chi connectivity index (χ1v) is 5.60. The van der Waals surface area contributed by atoms with Crippen molar-refractivity contribution in [3.63, 3.8) is 0 Å². The summed E-state index contributed by atoms with van der Waals surface area (Å²) in [5.41, 5.74) is 7.85. The maximum absolute atomic E-state index is 12.0. The first-order valence-electron chi connectivity index (χ1n) is 5.60. The molecule has 0 bridgehead atoms. The summed E-state index contributed by atoms with van der Waals surface area (Å²) in [4.78, 5) is 16.0. The van der Waals surface area contributed by atoms with E-state index in [4.69, 9.17) is 5.73 Å². The van der Waals surface area contributed by atoms with Crippen LogP contribution in [0.3, 0.4) is 0 Å². The number of anilines is 1. The van der Waals surface area contributed by atoms with Crippen molar-refractivity contribution >= 4 is 11.6 Å². The highest BCUT2D eigenvalue weighted by molar-refractivity contribution is 5.95. The molecule has 1 amide bonds. The van der Waals surface area contributed by atoms with Gasteiger partial charge in [0.25, 0.3) is 5.91 Å². The molecular formula is C12H15N5O. The van der Waals surface area contributed by atoms with E-state index in [0.29, 0.717) is 17.1 Å². The number of aromatic nitrogens is 3. The summed E-state index contributed by atoms with van der Waals surface area (Å²) in [6, 6.07) is 4.96. The lowest BCUT2D eigenvalue weighted by atomic mass is 10.1. The molecule has 0 saturated carbocycles. The number of hydrogen-bond acceptors (Lipinski definition) is 4. The van der Waals surface area contributed by atoms with Crippen LogP contribution in [0.4, 0.5) is 5.69 Å². The molecule has 1 heterocycles. The number of H-pyrrole nitrogens is 1. The van der Waals surface area contributed by atoms with Crippen molar-refractivity contribution in [2.45, 2.75) is 19.9 Å². The van der Waals surface area contributed by atoms with Crippen LogP contribution in [0.25, 0.3) is 0 Å². The van der Waals surface area contributed by atoms with Gasteiger partial charge in [-0.2, -0.15) is 5.10 Å². The molecule has 0 saturated heterocycles. The molecule has 1 aromatic carbocycles. The Labute approximate surface area is 105 Å². The third kappa shape index (κ3) is 2.48. The minimum Gasteiger partial charge on any atom is -0.399 e. The molecule has 0 fully saturated rings. The van der Waals surface area contributed by atoms with Gasteiger partial charge in [-0.1, -0.05) is 0 Å². The number of carbonyl (C=O) groups excluding carboxylic acids is 1. The Kier molecular flexibility index (Phi) is 3.27. The minimum atomic E-state index is -0.224. The Bertz CT molecular complexity index is 550. The van der Waals surface area contributed by atoms with Crippen LogP contribution in [0.1, 0.15) is 34.7 Å². The lowest BCUT2D eigenvalue weighted by Crippen LogP contribution is -2.27. The zero-order valence-electron chi connectivity index (χ0n) is 10.3. The van der Waals surface area contributed by atoms with Gasteiger partial charge >= 0.3 is 0 Å². The second kappa shape index (κ2) is 4.87. The molecule has 6 nitrogen and oxygen atoms in total. The van der Waals surface area contributed by atoms with Gasteiger partial charge in [-0.05, 0) is 37.6 Å². The van der Waals surface area contributed by atoms with E-state index in [9.17, 15) is 4.79 Å². The van der Waals surface area contributed by atoms with Crippen LogP contribution in [0.5, 0.6) is 0 Å². The molecule has 6 heteroatoms. The standard InChI is InChI=1S/C12H15N5O/c1-7-5-9(3-4-10(7)13)12(18)16-8(2)11-14-6-15-17-11/h3-6,8H,13H2,1-2H3,(H,16,18)(H,14,15,17). The maximum atomic E-state index is 12.0. The molecule has 0 aliphatic carbocycles. The highest BCUT2D eigenvalue weighted by Crippen LogP contribution is 2.13. The zero-order valence-corrected chi connectivity index (χ0v) is 10.3. The van der Waals surface area contributed by atoms with Crippen molar-refractivity contribution < 1.29 is 4.79 Å². The molecular weight excluding hydrogens is 230 g/mol. The third-order valence-corrected chi connectivity index (χ3v) is 2.72. The number of carbonyl (C=O) groups is 1. The molecule has 1 unspecified atom stereocenters. The first kappa shape index (κ1) is 12.1. The van der Waals surface area contributed by atoms with E-state index >= 15 is 0 Å². The number of amides is 1. The van der Waals surface area contributed by atoms with Crippen molar-refractivity contribution in [2.75, 3.05) is 5.73 Å². The number of nitrogens with one attached hydrogen (secondary N) is 2. The van der Waals surface area contributed by atoms with Crippen LogP contribution >= 0.6 is 0 Å². The van der Waals surface area contributed by atoms with Crippen molar-refractivity contribution in [1.29, 1.82) is 0 Å². The summed E-state index contributed by atoms with van der Waals surface area (Å²) in [5, 5.41) is 9.30. The fraction of sp³-hybridized carbons (Fsp3) is 0.250. The van der Waals surface area contributed by atoms with E-state index in [0.717, 1.165) is 5.56 Å². The molecule has 1 aromatic heterocycles. The highest BCUT2D eigenvalue weighted by Gasteiger charge is 2.13. The molecule has 4 N–H and O–H groups in total. The van der Waals surface area contributed by atoms with Crippen molar-refractivity contribution in [3.8, 4) is 0 Å². The predicted octanol–water partition coefficient (Wildman–Crippen LogP) is 1.19. The van der Waals surface area contributed by atoms with Gasteiger partial charge < -0.3 is 11.1 Å². The largest absolute Gasteiger partial charge is 0.399 e. The Hall–Kier alpha value is -2.37. The van der Waals surface area contributed by atoms with E-state index in [2.05, 4.69) is 20.5 Å². The summed E-state index contributed by atoms with van der Waals surface area (Å²) < 4.78 is 0. The van der Waals surface area contributed by atoms with Gasteiger partial charge in [0.1, 0.15) is 12.2 Å². The number of rotatable bonds is 3.